The second-order valence-electron chi connectivity index (χ2n) is 11.0. The third kappa shape index (κ3) is 5.89. The number of piperazine rings is 1. The van der Waals surface area contributed by atoms with Crippen LogP contribution in [-0.2, 0) is 20.7 Å². The smallest absolute Gasteiger partial charge is 0.244 e. The minimum atomic E-state index is -0.332. The van der Waals surface area contributed by atoms with Crippen molar-refractivity contribution in [2.45, 2.75) is 31.8 Å². The summed E-state index contributed by atoms with van der Waals surface area (Å²) in [5.74, 6) is 0.480. The number of nitrogens with one attached hydrogen (secondary N) is 2. The third-order valence-corrected chi connectivity index (χ3v) is 8.20. The number of hydrogen-bond donors (Lipinski definition) is 2. The summed E-state index contributed by atoms with van der Waals surface area (Å²) >= 11 is 0. The third-order valence-electron chi connectivity index (χ3n) is 8.20. The number of fused-ring (bicyclic) bond motifs is 1. The van der Waals surface area contributed by atoms with Gasteiger partial charge in [-0.25, -0.2) is 9.97 Å². The molecular formula is C30H38N8O3. The van der Waals surface area contributed by atoms with Gasteiger partial charge >= 0.3 is 0 Å². The number of likely N-dealkylation sites (N-methyl/N-ethyl adjacent to an activating group) is 1. The van der Waals surface area contributed by atoms with Gasteiger partial charge < -0.3 is 25.0 Å². The van der Waals surface area contributed by atoms with Crippen molar-refractivity contribution in [2.75, 3.05) is 70.8 Å². The number of hydrogen-bond acceptors (Lipinski definition) is 9. The van der Waals surface area contributed by atoms with Gasteiger partial charge in [0.15, 0.2) is 0 Å². The average molecular weight is 559 g/mol. The Labute approximate surface area is 240 Å². The van der Waals surface area contributed by atoms with E-state index >= 15 is 0 Å². The molecule has 11 heteroatoms. The lowest BCUT2D eigenvalue weighted by Crippen LogP contribution is -2.54. The summed E-state index contributed by atoms with van der Waals surface area (Å²) in [5, 5.41) is 11.0. The van der Waals surface area contributed by atoms with Crippen LogP contribution in [0.15, 0.2) is 42.9 Å². The highest BCUT2D eigenvalue weighted by atomic mass is 16.5. The highest BCUT2D eigenvalue weighted by molar-refractivity contribution is 5.97. The van der Waals surface area contributed by atoms with Gasteiger partial charge in [0, 0.05) is 63.5 Å². The van der Waals surface area contributed by atoms with Crippen molar-refractivity contribution in [3.8, 4) is 0 Å². The van der Waals surface area contributed by atoms with Crippen LogP contribution in [0.3, 0.4) is 0 Å². The Kier molecular flexibility index (Phi) is 8.11. The fourth-order valence-electron chi connectivity index (χ4n) is 5.81. The van der Waals surface area contributed by atoms with E-state index < -0.39 is 0 Å². The van der Waals surface area contributed by atoms with Crippen molar-refractivity contribution in [1.82, 2.24) is 29.5 Å². The molecule has 0 radical (unpaired) electrons. The fourth-order valence-corrected chi connectivity index (χ4v) is 5.81. The number of amides is 1. The van der Waals surface area contributed by atoms with Crippen LogP contribution in [0.5, 0.6) is 0 Å². The van der Waals surface area contributed by atoms with Crippen LogP contribution in [0.4, 0.5) is 17.3 Å². The van der Waals surface area contributed by atoms with Gasteiger partial charge in [-0.1, -0.05) is 18.2 Å². The highest BCUT2D eigenvalue weighted by Gasteiger charge is 2.30. The molecular weight excluding hydrogens is 520 g/mol. The van der Waals surface area contributed by atoms with E-state index in [0.29, 0.717) is 25.6 Å². The molecule has 3 aliphatic rings. The molecule has 216 valence electrons. The summed E-state index contributed by atoms with van der Waals surface area (Å²) in [5.41, 5.74) is 6.75. The second kappa shape index (κ2) is 12.1. The Balaban J connectivity index is 1.19. The van der Waals surface area contributed by atoms with Gasteiger partial charge in [0.05, 0.1) is 36.8 Å². The van der Waals surface area contributed by atoms with E-state index in [9.17, 15) is 4.79 Å². The quantitative estimate of drug-likeness (QED) is 0.410. The number of ether oxygens (including phenoxy) is 2. The predicted molar refractivity (Wildman–Crippen MR) is 157 cm³/mol. The molecule has 1 aromatic carbocycles. The van der Waals surface area contributed by atoms with Crippen LogP contribution >= 0.6 is 0 Å². The van der Waals surface area contributed by atoms with E-state index in [2.05, 4.69) is 49.7 Å². The Morgan fingerprint density at radius 3 is 2.85 bits per heavy atom. The van der Waals surface area contributed by atoms with Crippen LogP contribution in [0, 0.1) is 6.92 Å². The molecule has 6 rings (SSSR count). The summed E-state index contributed by atoms with van der Waals surface area (Å²) in [6, 6.07) is 6.00. The maximum absolute atomic E-state index is 13.5. The number of carbonyl (C=O) groups excluding carboxylic acids is 1. The summed E-state index contributed by atoms with van der Waals surface area (Å²) in [4.78, 5) is 27.4. The van der Waals surface area contributed by atoms with Crippen LogP contribution in [-0.4, -0.2) is 102 Å². The topological polar surface area (TPSA) is 110 Å². The number of carbonyl (C=O) groups is 1. The van der Waals surface area contributed by atoms with Crippen molar-refractivity contribution in [3.63, 3.8) is 0 Å². The molecule has 0 bridgehead atoms. The minimum absolute atomic E-state index is 0.0346. The number of nitrogens with zero attached hydrogens (tertiary/aromatic N) is 6. The monoisotopic (exact) mass is 558 g/mol. The number of aromatic nitrogens is 4. The lowest BCUT2D eigenvalue weighted by Gasteiger charge is -2.36. The van der Waals surface area contributed by atoms with Crippen molar-refractivity contribution in [3.05, 3.63) is 65.2 Å². The molecule has 1 aliphatic carbocycles. The largest absolute Gasteiger partial charge is 0.383 e. The molecule has 41 heavy (non-hydrogen) atoms. The van der Waals surface area contributed by atoms with Gasteiger partial charge in [-0.3, -0.25) is 14.4 Å². The van der Waals surface area contributed by atoms with Crippen LogP contribution in [0.2, 0.25) is 0 Å². The molecule has 1 unspecified atom stereocenters. The lowest BCUT2D eigenvalue weighted by molar-refractivity contribution is -0.124. The zero-order chi connectivity index (χ0) is 28.3. The SMILES string of the molecule is COC[C@H](C(=O)Nc1cccc2c1CC=C2c1nc(Nc2cnn(C3CCOC3)c2)ncc1C)N1CCN(C)CC1. The number of aryl methyl sites for hydroxylation is 1. The van der Waals surface area contributed by atoms with Gasteiger partial charge in [0.25, 0.3) is 0 Å². The van der Waals surface area contributed by atoms with Crippen LogP contribution in [0.25, 0.3) is 5.57 Å². The molecule has 4 heterocycles. The van der Waals surface area contributed by atoms with E-state index in [1.54, 1.807) is 13.3 Å². The first-order valence-electron chi connectivity index (χ1n) is 14.3. The standard InChI is InChI=1S/C30H38N8O3/c1-20-15-31-30(33-21-16-32-38(17-21)22-9-14-41-18-22)35-28(20)25-8-7-24-23(25)5-4-6-26(24)34-29(39)27(19-40-3)37-12-10-36(2)11-13-37/h4-6,8,15-17,22,27H,7,9-14,18-19H2,1-3H3,(H,34,39)(H,31,33,35)/t22?,27-/m1/s1. The molecule has 2 aromatic heterocycles. The molecule has 2 atom stereocenters. The Morgan fingerprint density at radius 1 is 1.22 bits per heavy atom. The second-order valence-corrected chi connectivity index (χ2v) is 11.0. The normalized spacial score (nSPS) is 20.1. The van der Waals surface area contributed by atoms with Gasteiger partial charge in [0.2, 0.25) is 11.9 Å². The number of rotatable bonds is 9. The first kappa shape index (κ1) is 27.5. The van der Waals surface area contributed by atoms with E-state index in [1.807, 2.05) is 36.1 Å². The van der Waals surface area contributed by atoms with E-state index in [4.69, 9.17) is 14.5 Å². The summed E-state index contributed by atoms with van der Waals surface area (Å²) in [7, 11) is 3.76. The number of anilines is 3. The Hall–Kier alpha value is -3.64. The predicted octanol–water partition coefficient (Wildman–Crippen LogP) is 2.88. The van der Waals surface area contributed by atoms with Crippen LogP contribution < -0.4 is 10.6 Å². The van der Waals surface area contributed by atoms with Gasteiger partial charge in [-0.05, 0) is 49.6 Å². The maximum Gasteiger partial charge on any atom is 0.244 e. The number of benzene rings is 1. The number of allylic oxidation sites excluding steroid dienone is 1. The molecule has 2 fully saturated rings. The van der Waals surface area contributed by atoms with Crippen LogP contribution in [0.1, 0.15) is 34.8 Å². The van der Waals surface area contributed by atoms with Crippen molar-refractivity contribution >= 4 is 28.8 Å². The molecule has 0 spiro atoms. The molecule has 2 aliphatic heterocycles. The molecule has 1 amide bonds. The number of methoxy groups -OCH3 is 1. The average Bonchev–Trinajstić information content (AvgIpc) is 3.75. The Bertz CT molecular complexity index is 1420. The van der Waals surface area contributed by atoms with E-state index in [1.165, 1.54) is 0 Å². The lowest BCUT2D eigenvalue weighted by atomic mass is 9.99. The minimum Gasteiger partial charge on any atom is -0.383 e. The Morgan fingerprint density at radius 2 is 2.07 bits per heavy atom. The maximum atomic E-state index is 13.5. The van der Waals surface area contributed by atoms with Crippen molar-refractivity contribution < 1.29 is 14.3 Å². The van der Waals surface area contributed by atoms with Gasteiger partial charge in [-0.15, -0.1) is 0 Å². The van der Waals surface area contributed by atoms with Crippen molar-refractivity contribution in [2.24, 2.45) is 0 Å². The summed E-state index contributed by atoms with van der Waals surface area (Å²) in [6.45, 7) is 7.40. The van der Waals surface area contributed by atoms with Gasteiger partial charge in [-0.2, -0.15) is 5.10 Å². The van der Waals surface area contributed by atoms with Crippen molar-refractivity contribution in [1.29, 1.82) is 0 Å². The molecule has 11 nitrogen and oxygen atoms in total. The summed E-state index contributed by atoms with van der Waals surface area (Å²) < 4.78 is 12.9. The first-order valence-corrected chi connectivity index (χ1v) is 14.3. The first-order chi connectivity index (χ1) is 20.0. The zero-order valence-corrected chi connectivity index (χ0v) is 24.0. The van der Waals surface area contributed by atoms with E-state index in [-0.39, 0.29) is 18.0 Å². The zero-order valence-electron chi connectivity index (χ0n) is 24.0. The van der Waals surface area contributed by atoms with E-state index in [0.717, 1.165) is 78.5 Å². The van der Waals surface area contributed by atoms with Gasteiger partial charge in [0.1, 0.15) is 6.04 Å². The molecule has 2 saturated heterocycles. The molecule has 2 N–H and O–H groups in total. The molecule has 0 saturated carbocycles. The fraction of sp³-hybridized carbons (Fsp3) is 0.467. The highest BCUT2D eigenvalue weighted by Crippen LogP contribution is 2.37. The molecule has 3 aromatic rings. The summed E-state index contributed by atoms with van der Waals surface area (Å²) in [6.07, 6.45) is 9.47.